The molecule has 0 saturated heterocycles. The van der Waals surface area contributed by atoms with Crippen LogP contribution in [0.4, 0.5) is 11.4 Å². The molecular formula is C26H23ClN2O4. The van der Waals surface area contributed by atoms with E-state index in [0.29, 0.717) is 40.1 Å². The van der Waals surface area contributed by atoms with Crippen molar-refractivity contribution in [3.05, 3.63) is 88.6 Å². The fourth-order valence-electron chi connectivity index (χ4n) is 3.68. The van der Waals surface area contributed by atoms with Crippen LogP contribution < -0.4 is 19.7 Å². The first-order valence-corrected chi connectivity index (χ1v) is 10.8. The first kappa shape index (κ1) is 22.4. The Morgan fingerprint density at radius 2 is 1.67 bits per heavy atom. The Hall–Kier alpha value is -3.77. The lowest BCUT2D eigenvalue weighted by Gasteiger charge is -2.19. The molecule has 1 heterocycles. The number of hydrogen-bond acceptors (Lipinski definition) is 5. The van der Waals surface area contributed by atoms with Crippen molar-refractivity contribution in [3.8, 4) is 11.5 Å². The molecule has 0 fully saturated rings. The third-order valence-corrected chi connectivity index (χ3v) is 5.49. The van der Waals surface area contributed by atoms with Gasteiger partial charge >= 0.3 is 0 Å². The molecule has 1 aliphatic rings. The van der Waals surface area contributed by atoms with Crippen LogP contribution in [0.1, 0.15) is 18.1 Å². The average Bonchev–Trinajstić information content (AvgIpc) is 3.04. The number of methoxy groups -OCH3 is 1. The van der Waals surface area contributed by atoms with Gasteiger partial charge < -0.3 is 14.8 Å². The predicted molar refractivity (Wildman–Crippen MR) is 130 cm³/mol. The SMILES string of the molecule is CCOc1ccccc1N1C(=O)C(Nc2cc(Cl)ccc2OC)=C(c2ccc(C)cc2)C1=O. The van der Waals surface area contributed by atoms with Crippen LogP contribution in [0.3, 0.4) is 0 Å². The highest BCUT2D eigenvalue weighted by Crippen LogP contribution is 2.39. The summed E-state index contributed by atoms with van der Waals surface area (Å²) in [5.74, 6) is -0.000582. The minimum absolute atomic E-state index is 0.135. The molecule has 0 unspecified atom stereocenters. The van der Waals surface area contributed by atoms with Crippen LogP contribution in [0.25, 0.3) is 5.57 Å². The van der Waals surface area contributed by atoms with Crippen LogP contribution in [0, 0.1) is 6.92 Å². The highest BCUT2D eigenvalue weighted by molar-refractivity contribution is 6.46. The molecular weight excluding hydrogens is 440 g/mol. The molecule has 3 aromatic rings. The molecule has 0 radical (unpaired) electrons. The molecule has 168 valence electrons. The molecule has 1 N–H and O–H groups in total. The Bertz CT molecular complexity index is 1250. The van der Waals surface area contributed by atoms with Gasteiger partial charge in [0.15, 0.2) is 0 Å². The zero-order valence-electron chi connectivity index (χ0n) is 18.5. The monoisotopic (exact) mass is 462 g/mol. The van der Waals surface area contributed by atoms with E-state index in [1.54, 1.807) is 42.5 Å². The van der Waals surface area contributed by atoms with Gasteiger partial charge in [0.1, 0.15) is 17.2 Å². The van der Waals surface area contributed by atoms with Crippen molar-refractivity contribution in [2.24, 2.45) is 0 Å². The molecule has 0 spiro atoms. The van der Waals surface area contributed by atoms with Crippen molar-refractivity contribution in [2.75, 3.05) is 23.9 Å². The fourth-order valence-corrected chi connectivity index (χ4v) is 3.86. The number of carbonyl (C=O) groups excluding carboxylic acids is 2. The number of rotatable bonds is 7. The summed E-state index contributed by atoms with van der Waals surface area (Å²) in [6.45, 7) is 4.20. The molecule has 33 heavy (non-hydrogen) atoms. The minimum Gasteiger partial charge on any atom is -0.495 e. The van der Waals surface area contributed by atoms with E-state index in [0.717, 1.165) is 10.5 Å². The van der Waals surface area contributed by atoms with Crippen LogP contribution in [0.2, 0.25) is 5.02 Å². The van der Waals surface area contributed by atoms with Crippen molar-refractivity contribution in [1.82, 2.24) is 0 Å². The highest BCUT2D eigenvalue weighted by atomic mass is 35.5. The number of benzene rings is 3. The summed E-state index contributed by atoms with van der Waals surface area (Å²) in [6, 6.07) is 19.5. The maximum absolute atomic E-state index is 13.7. The van der Waals surface area contributed by atoms with E-state index < -0.39 is 11.8 Å². The first-order valence-electron chi connectivity index (χ1n) is 10.5. The number of para-hydroxylation sites is 2. The number of hydrogen-bond donors (Lipinski definition) is 1. The van der Waals surface area contributed by atoms with Gasteiger partial charge in [-0.3, -0.25) is 9.59 Å². The summed E-state index contributed by atoms with van der Waals surface area (Å²) in [6.07, 6.45) is 0. The molecule has 0 saturated carbocycles. The molecule has 4 rings (SSSR count). The van der Waals surface area contributed by atoms with Crippen molar-refractivity contribution in [2.45, 2.75) is 13.8 Å². The van der Waals surface area contributed by atoms with Crippen molar-refractivity contribution in [3.63, 3.8) is 0 Å². The van der Waals surface area contributed by atoms with E-state index in [-0.39, 0.29) is 11.3 Å². The Kier molecular flexibility index (Phi) is 6.38. The third-order valence-electron chi connectivity index (χ3n) is 5.25. The molecule has 0 bridgehead atoms. The Morgan fingerprint density at radius 3 is 2.36 bits per heavy atom. The third kappa shape index (κ3) is 4.30. The van der Waals surface area contributed by atoms with E-state index in [1.807, 2.05) is 38.1 Å². The number of amides is 2. The summed E-state index contributed by atoms with van der Waals surface area (Å²) in [5, 5.41) is 3.58. The molecule has 2 amide bonds. The lowest BCUT2D eigenvalue weighted by Crippen LogP contribution is -2.32. The number of nitrogens with zero attached hydrogens (tertiary/aromatic N) is 1. The number of ether oxygens (including phenoxy) is 2. The summed E-state index contributed by atoms with van der Waals surface area (Å²) >= 11 is 6.18. The molecule has 0 atom stereocenters. The Morgan fingerprint density at radius 1 is 0.939 bits per heavy atom. The molecule has 6 nitrogen and oxygen atoms in total. The summed E-state index contributed by atoms with van der Waals surface area (Å²) in [5.41, 5.74) is 2.92. The summed E-state index contributed by atoms with van der Waals surface area (Å²) in [4.78, 5) is 28.5. The largest absolute Gasteiger partial charge is 0.495 e. The normalized spacial score (nSPS) is 13.5. The van der Waals surface area contributed by atoms with Gasteiger partial charge in [-0.15, -0.1) is 0 Å². The van der Waals surface area contributed by atoms with Crippen LogP contribution in [-0.4, -0.2) is 25.5 Å². The fraction of sp³-hybridized carbons (Fsp3) is 0.154. The van der Waals surface area contributed by atoms with E-state index in [1.165, 1.54) is 7.11 Å². The van der Waals surface area contributed by atoms with Crippen LogP contribution in [0.15, 0.2) is 72.4 Å². The zero-order chi connectivity index (χ0) is 23.5. The molecule has 0 aliphatic carbocycles. The number of imide groups is 1. The topological polar surface area (TPSA) is 67.9 Å². The van der Waals surface area contributed by atoms with E-state index >= 15 is 0 Å². The highest BCUT2D eigenvalue weighted by Gasteiger charge is 2.41. The first-order chi connectivity index (χ1) is 15.9. The zero-order valence-corrected chi connectivity index (χ0v) is 19.3. The van der Waals surface area contributed by atoms with Gasteiger partial charge in [-0.2, -0.15) is 0 Å². The van der Waals surface area contributed by atoms with E-state index in [2.05, 4.69) is 5.32 Å². The van der Waals surface area contributed by atoms with Crippen LogP contribution in [0.5, 0.6) is 11.5 Å². The van der Waals surface area contributed by atoms with Crippen molar-refractivity contribution >= 4 is 40.4 Å². The van der Waals surface area contributed by atoms with Crippen molar-refractivity contribution in [1.29, 1.82) is 0 Å². The molecule has 7 heteroatoms. The van der Waals surface area contributed by atoms with Gasteiger partial charge in [-0.1, -0.05) is 53.6 Å². The smallest absolute Gasteiger partial charge is 0.282 e. The van der Waals surface area contributed by atoms with Gasteiger partial charge in [-0.25, -0.2) is 4.90 Å². The number of aryl methyl sites for hydroxylation is 1. The number of anilines is 2. The lowest BCUT2D eigenvalue weighted by atomic mass is 10.0. The number of carbonyl (C=O) groups is 2. The summed E-state index contributed by atoms with van der Waals surface area (Å²) < 4.78 is 11.1. The molecule has 1 aliphatic heterocycles. The quantitative estimate of drug-likeness (QED) is 0.473. The van der Waals surface area contributed by atoms with E-state index in [4.69, 9.17) is 21.1 Å². The second-order valence-electron chi connectivity index (χ2n) is 7.43. The van der Waals surface area contributed by atoms with Gasteiger partial charge in [-0.05, 0) is 49.7 Å². The molecule has 3 aromatic carbocycles. The van der Waals surface area contributed by atoms with Crippen LogP contribution in [-0.2, 0) is 9.59 Å². The molecule has 0 aromatic heterocycles. The van der Waals surface area contributed by atoms with Crippen molar-refractivity contribution < 1.29 is 19.1 Å². The summed E-state index contributed by atoms with van der Waals surface area (Å²) in [7, 11) is 1.52. The average molecular weight is 463 g/mol. The van der Waals surface area contributed by atoms with Gasteiger partial charge in [0, 0.05) is 5.02 Å². The number of nitrogens with one attached hydrogen (secondary N) is 1. The van der Waals surface area contributed by atoms with Crippen LogP contribution >= 0.6 is 11.6 Å². The van der Waals surface area contributed by atoms with Gasteiger partial charge in [0.25, 0.3) is 11.8 Å². The Balaban J connectivity index is 1.86. The predicted octanol–water partition coefficient (Wildman–Crippen LogP) is 5.45. The van der Waals surface area contributed by atoms with Gasteiger partial charge in [0.05, 0.1) is 30.7 Å². The maximum atomic E-state index is 13.7. The second-order valence-corrected chi connectivity index (χ2v) is 7.87. The minimum atomic E-state index is -0.496. The van der Waals surface area contributed by atoms with Gasteiger partial charge in [0.2, 0.25) is 0 Å². The number of halogens is 1. The Labute approximate surface area is 197 Å². The lowest BCUT2D eigenvalue weighted by molar-refractivity contribution is -0.120. The standard InChI is InChI=1S/C26H23ClN2O4/c1-4-33-22-8-6-5-7-20(22)29-25(30)23(17-11-9-16(2)10-12-17)24(26(29)31)28-19-15-18(27)13-14-21(19)32-3/h5-15,28H,4H2,1-3H3. The maximum Gasteiger partial charge on any atom is 0.282 e. The van der Waals surface area contributed by atoms with E-state index in [9.17, 15) is 9.59 Å². The second kappa shape index (κ2) is 9.38.